The number of cyclic esters (lactones) is 1. The van der Waals surface area contributed by atoms with E-state index in [0.717, 1.165) is 11.1 Å². The van der Waals surface area contributed by atoms with Gasteiger partial charge in [0, 0.05) is 11.3 Å². The van der Waals surface area contributed by atoms with Gasteiger partial charge >= 0.3 is 5.97 Å². The fraction of sp³-hybridized carbons (Fsp3) is 0.118. The molecule has 1 aliphatic heterocycles. The van der Waals surface area contributed by atoms with Crippen LogP contribution in [0.1, 0.15) is 27.5 Å². The highest BCUT2D eigenvalue weighted by Crippen LogP contribution is 2.25. The van der Waals surface area contributed by atoms with Gasteiger partial charge in [0.05, 0.1) is 5.56 Å². The molecule has 0 fully saturated rings. The highest BCUT2D eigenvalue weighted by Gasteiger charge is 2.25. The maximum atomic E-state index is 12.9. The molecular weight excluding hydrogens is 322 g/mol. The third kappa shape index (κ3) is 2.85. The van der Waals surface area contributed by atoms with Crippen LogP contribution >= 0.6 is 0 Å². The van der Waals surface area contributed by atoms with E-state index in [1.54, 1.807) is 18.2 Å². The lowest BCUT2D eigenvalue weighted by Gasteiger charge is -2.17. The number of nitrogens with one attached hydrogen (secondary N) is 1. The molecule has 25 heavy (non-hydrogen) atoms. The molecule has 1 amide bonds. The van der Waals surface area contributed by atoms with Crippen molar-refractivity contribution in [2.45, 2.75) is 12.6 Å². The first-order valence-electron chi connectivity index (χ1n) is 7.61. The summed E-state index contributed by atoms with van der Waals surface area (Å²) < 4.78 is 6.37. The van der Waals surface area contributed by atoms with E-state index in [2.05, 4.69) is 20.8 Å². The highest BCUT2D eigenvalue weighted by atomic mass is 16.5. The molecule has 0 aliphatic carbocycles. The predicted octanol–water partition coefficient (Wildman–Crippen LogP) is 1.57. The lowest BCUT2D eigenvalue weighted by atomic mass is 10.1. The number of tetrazole rings is 1. The molecule has 8 nitrogen and oxygen atoms in total. The molecule has 1 atom stereocenters. The smallest absolute Gasteiger partial charge is 0.338 e. The summed E-state index contributed by atoms with van der Waals surface area (Å²) >= 11 is 0. The number of ether oxygens (including phenoxy) is 1. The van der Waals surface area contributed by atoms with Crippen LogP contribution in [-0.2, 0) is 16.1 Å². The summed E-state index contributed by atoms with van der Waals surface area (Å²) in [6.45, 7) is 0.215. The predicted molar refractivity (Wildman–Crippen MR) is 86.6 cm³/mol. The van der Waals surface area contributed by atoms with Gasteiger partial charge in [0.15, 0.2) is 6.04 Å². The van der Waals surface area contributed by atoms with Crippen LogP contribution < -0.4 is 5.32 Å². The second-order valence-electron chi connectivity index (χ2n) is 5.54. The topological polar surface area (TPSA) is 99.0 Å². The Balaban J connectivity index is 1.63. The van der Waals surface area contributed by atoms with E-state index < -0.39 is 6.04 Å². The fourth-order valence-corrected chi connectivity index (χ4v) is 2.77. The van der Waals surface area contributed by atoms with Crippen molar-refractivity contribution in [3.05, 3.63) is 71.5 Å². The van der Waals surface area contributed by atoms with Gasteiger partial charge in [-0.3, -0.25) is 4.79 Å². The van der Waals surface area contributed by atoms with E-state index in [9.17, 15) is 9.59 Å². The van der Waals surface area contributed by atoms with Crippen molar-refractivity contribution in [1.82, 2.24) is 20.2 Å². The van der Waals surface area contributed by atoms with Gasteiger partial charge < -0.3 is 10.1 Å². The lowest BCUT2D eigenvalue weighted by Crippen LogP contribution is -2.27. The Bertz CT molecular complexity index is 925. The van der Waals surface area contributed by atoms with Crippen LogP contribution in [0.2, 0.25) is 0 Å². The van der Waals surface area contributed by atoms with Crippen LogP contribution in [0, 0.1) is 0 Å². The minimum atomic E-state index is -0.706. The second kappa shape index (κ2) is 6.16. The third-order valence-electron chi connectivity index (χ3n) is 3.94. The highest BCUT2D eigenvalue weighted by molar-refractivity contribution is 5.98. The summed E-state index contributed by atoms with van der Waals surface area (Å²) in [6, 6.07) is 13.6. The molecule has 3 aromatic rings. The number of aromatic nitrogens is 4. The van der Waals surface area contributed by atoms with E-state index in [1.165, 1.54) is 11.0 Å². The number of carbonyl (C=O) groups is 2. The summed E-state index contributed by atoms with van der Waals surface area (Å²) in [5, 5.41) is 13.9. The van der Waals surface area contributed by atoms with Crippen molar-refractivity contribution in [1.29, 1.82) is 0 Å². The van der Waals surface area contributed by atoms with E-state index in [0.29, 0.717) is 11.3 Å². The van der Waals surface area contributed by atoms with Gasteiger partial charge in [-0.1, -0.05) is 30.3 Å². The first-order chi connectivity index (χ1) is 12.2. The van der Waals surface area contributed by atoms with Crippen LogP contribution in [0.4, 0.5) is 5.69 Å². The van der Waals surface area contributed by atoms with E-state index in [1.807, 2.05) is 30.3 Å². The zero-order valence-electron chi connectivity index (χ0n) is 13.0. The quantitative estimate of drug-likeness (QED) is 0.727. The fourth-order valence-electron chi connectivity index (χ4n) is 2.77. The van der Waals surface area contributed by atoms with Gasteiger partial charge in [-0.15, -0.1) is 5.10 Å². The van der Waals surface area contributed by atoms with E-state index in [4.69, 9.17) is 4.74 Å². The number of esters is 1. The molecule has 124 valence electrons. The van der Waals surface area contributed by atoms with Crippen molar-refractivity contribution in [3.8, 4) is 0 Å². The molecule has 0 radical (unpaired) electrons. The Morgan fingerprint density at radius 3 is 2.80 bits per heavy atom. The Hall–Kier alpha value is -3.55. The van der Waals surface area contributed by atoms with Crippen LogP contribution in [-0.4, -0.2) is 32.1 Å². The van der Waals surface area contributed by atoms with E-state index in [-0.39, 0.29) is 18.5 Å². The van der Waals surface area contributed by atoms with Gasteiger partial charge in [0.25, 0.3) is 5.91 Å². The molecule has 1 aliphatic rings. The first kappa shape index (κ1) is 15.0. The maximum absolute atomic E-state index is 12.9. The average Bonchev–Trinajstić information content (AvgIpc) is 3.27. The van der Waals surface area contributed by atoms with Gasteiger partial charge in [0.1, 0.15) is 12.9 Å². The summed E-state index contributed by atoms with van der Waals surface area (Å²) in [5.74, 6) is -0.632. The maximum Gasteiger partial charge on any atom is 0.338 e. The number of hydrogen-bond donors (Lipinski definition) is 1. The number of rotatable bonds is 4. The van der Waals surface area contributed by atoms with E-state index >= 15 is 0 Å². The second-order valence-corrected chi connectivity index (χ2v) is 5.54. The molecule has 2 aromatic carbocycles. The van der Waals surface area contributed by atoms with Gasteiger partial charge in [0.2, 0.25) is 0 Å². The number of hydrogen-bond acceptors (Lipinski definition) is 6. The minimum absolute atomic E-state index is 0.215. The van der Waals surface area contributed by atoms with Gasteiger partial charge in [-0.2, -0.15) is 0 Å². The minimum Gasteiger partial charge on any atom is -0.457 e. The van der Waals surface area contributed by atoms with Gasteiger partial charge in [-0.05, 0) is 34.2 Å². The van der Waals surface area contributed by atoms with Crippen LogP contribution in [0.15, 0.2) is 54.9 Å². The Labute approximate surface area is 142 Å². The number of amides is 1. The number of benzene rings is 2. The number of carbonyl (C=O) groups excluding carboxylic acids is 2. The number of nitrogens with zero attached hydrogens (tertiary/aromatic N) is 4. The molecule has 4 rings (SSSR count). The molecule has 2 heterocycles. The molecule has 0 unspecified atom stereocenters. The molecule has 0 saturated carbocycles. The van der Waals surface area contributed by atoms with Crippen molar-refractivity contribution >= 4 is 17.6 Å². The van der Waals surface area contributed by atoms with Crippen molar-refractivity contribution in [2.24, 2.45) is 0 Å². The van der Waals surface area contributed by atoms with Crippen LogP contribution in [0.3, 0.4) is 0 Å². The number of fused-ring (bicyclic) bond motifs is 1. The van der Waals surface area contributed by atoms with Crippen LogP contribution in [0.5, 0.6) is 0 Å². The summed E-state index contributed by atoms with van der Waals surface area (Å²) in [6.07, 6.45) is 1.40. The molecule has 0 saturated heterocycles. The molecule has 0 bridgehead atoms. The largest absolute Gasteiger partial charge is 0.457 e. The SMILES string of the molecule is O=C1OCc2cc(NC(=O)[C@H](c3ccccc3)n3cnnn3)ccc21. The zero-order valence-corrected chi connectivity index (χ0v) is 13.0. The Morgan fingerprint density at radius 2 is 2.04 bits per heavy atom. The molecular formula is C17H13N5O3. The Kier molecular flexibility index (Phi) is 3.70. The number of anilines is 1. The lowest BCUT2D eigenvalue weighted by molar-refractivity contribution is -0.118. The van der Waals surface area contributed by atoms with Crippen LogP contribution in [0.25, 0.3) is 0 Å². The summed E-state index contributed by atoms with van der Waals surface area (Å²) in [4.78, 5) is 24.4. The van der Waals surface area contributed by atoms with Crippen molar-refractivity contribution < 1.29 is 14.3 Å². The van der Waals surface area contributed by atoms with Gasteiger partial charge in [-0.25, -0.2) is 9.48 Å². The molecule has 1 aromatic heterocycles. The van der Waals surface area contributed by atoms with Crippen molar-refractivity contribution in [2.75, 3.05) is 5.32 Å². The molecule has 8 heteroatoms. The zero-order chi connectivity index (χ0) is 17.2. The third-order valence-corrected chi connectivity index (χ3v) is 3.94. The first-order valence-corrected chi connectivity index (χ1v) is 7.61. The van der Waals surface area contributed by atoms with Crippen molar-refractivity contribution in [3.63, 3.8) is 0 Å². The Morgan fingerprint density at radius 1 is 1.20 bits per heavy atom. The average molecular weight is 335 g/mol. The normalized spacial score (nSPS) is 13.8. The summed E-state index contributed by atoms with van der Waals surface area (Å²) in [7, 11) is 0. The summed E-state index contributed by atoms with van der Waals surface area (Å²) in [5.41, 5.74) is 2.61. The monoisotopic (exact) mass is 335 g/mol. The molecule has 1 N–H and O–H groups in total. The standard InChI is InChI=1S/C17H13N5O3/c23-16(19-13-6-7-14-12(8-13)9-25-17(14)24)15(22-10-18-20-21-22)11-4-2-1-3-5-11/h1-8,10,15H,9H2,(H,19,23)/t15-/m0/s1. The molecule has 0 spiro atoms.